The zero-order valence-electron chi connectivity index (χ0n) is 12.7. The Balaban J connectivity index is 1.57. The highest BCUT2D eigenvalue weighted by Gasteiger charge is 2.60. The smallest absolute Gasteiger partial charge is 0.224 e. The zero-order chi connectivity index (χ0) is 14.7. The lowest BCUT2D eigenvalue weighted by Crippen LogP contribution is -2.35. The van der Waals surface area contributed by atoms with E-state index in [0.717, 1.165) is 44.7 Å². The summed E-state index contributed by atoms with van der Waals surface area (Å²) in [5.74, 6) is 1.28. The molecule has 2 N–H and O–H groups in total. The molecule has 4 heteroatoms. The summed E-state index contributed by atoms with van der Waals surface area (Å²) in [6.45, 7) is 5.43. The molecule has 0 radical (unpaired) electrons. The Morgan fingerprint density at radius 1 is 1.33 bits per heavy atom. The molecule has 2 aliphatic rings. The van der Waals surface area contributed by atoms with Crippen LogP contribution in [0.4, 0.5) is 0 Å². The lowest BCUT2D eigenvalue weighted by Gasteiger charge is -2.26. The number of para-hydroxylation sites is 1. The fraction of sp³-hybridized carbons (Fsp3) is 0.588. The summed E-state index contributed by atoms with van der Waals surface area (Å²) >= 11 is 0. The molecule has 0 bridgehead atoms. The average Bonchev–Trinajstić information content (AvgIpc) is 3.22. The van der Waals surface area contributed by atoms with E-state index in [0.29, 0.717) is 6.54 Å². The van der Waals surface area contributed by atoms with Crippen LogP contribution in [-0.2, 0) is 10.2 Å². The van der Waals surface area contributed by atoms with Crippen molar-refractivity contribution in [3.8, 4) is 5.75 Å². The maximum atomic E-state index is 12.3. The first-order valence-electron chi connectivity index (χ1n) is 7.98. The molecule has 1 aliphatic carbocycles. The number of carbonyl (C=O) groups is 1. The van der Waals surface area contributed by atoms with E-state index in [-0.39, 0.29) is 17.2 Å². The van der Waals surface area contributed by atoms with Gasteiger partial charge < -0.3 is 15.4 Å². The fourth-order valence-corrected chi connectivity index (χ4v) is 3.40. The summed E-state index contributed by atoms with van der Waals surface area (Å²) in [4.78, 5) is 12.3. The summed E-state index contributed by atoms with van der Waals surface area (Å²) in [6, 6.07) is 8.16. The van der Waals surface area contributed by atoms with Gasteiger partial charge in [0.15, 0.2) is 0 Å². The summed E-state index contributed by atoms with van der Waals surface area (Å²) in [5, 5.41) is 6.37. The van der Waals surface area contributed by atoms with Crippen LogP contribution in [0.2, 0.25) is 0 Å². The minimum absolute atomic E-state index is 0.0375. The normalized spacial score (nSPS) is 26.0. The Morgan fingerprint density at radius 3 is 3.05 bits per heavy atom. The van der Waals surface area contributed by atoms with Gasteiger partial charge in [-0.2, -0.15) is 0 Å². The van der Waals surface area contributed by atoms with Crippen LogP contribution in [0.1, 0.15) is 31.7 Å². The second-order valence-electron chi connectivity index (χ2n) is 6.05. The number of nitrogens with one attached hydrogen (secondary N) is 2. The number of amides is 1. The van der Waals surface area contributed by atoms with Crippen LogP contribution in [0.5, 0.6) is 5.75 Å². The number of hydrogen-bond donors (Lipinski definition) is 2. The van der Waals surface area contributed by atoms with Gasteiger partial charge in [-0.05, 0) is 31.9 Å². The Kier molecular flexibility index (Phi) is 4.15. The molecular formula is C17H24N2O2. The van der Waals surface area contributed by atoms with E-state index < -0.39 is 0 Å². The van der Waals surface area contributed by atoms with Gasteiger partial charge in [-0.15, -0.1) is 0 Å². The third-order valence-corrected chi connectivity index (χ3v) is 4.65. The second-order valence-corrected chi connectivity index (χ2v) is 6.05. The summed E-state index contributed by atoms with van der Waals surface area (Å²) in [7, 11) is 0. The summed E-state index contributed by atoms with van der Waals surface area (Å²) < 4.78 is 5.71. The number of rotatable bonds is 6. The van der Waals surface area contributed by atoms with Crippen molar-refractivity contribution in [1.29, 1.82) is 0 Å². The molecule has 1 aliphatic heterocycles. The van der Waals surface area contributed by atoms with Crippen molar-refractivity contribution in [1.82, 2.24) is 10.6 Å². The summed E-state index contributed by atoms with van der Waals surface area (Å²) in [5.41, 5.74) is 1.26. The van der Waals surface area contributed by atoms with Gasteiger partial charge in [-0.25, -0.2) is 0 Å². The molecule has 1 aromatic rings. The SMILES string of the molecule is CCCNCCNC(=O)C1CC12CCOc1ccccc12. The fourth-order valence-electron chi connectivity index (χ4n) is 3.40. The van der Waals surface area contributed by atoms with Gasteiger partial charge in [0.2, 0.25) is 5.91 Å². The van der Waals surface area contributed by atoms with Crippen molar-refractivity contribution in [3.63, 3.8) is 0 Å². The van der Waals surface area contributed by atoms with Crippen LogP contribution in [0.3, 0.4) is 0 Å². The molecule has 1 amide bonds. The topological polar surface area (TPSA) is 50.4 Å². The lowest BCUT2D eigenvalue weighted by atomic mass is 9.87. The Morgan fingerprint density at radius 2 is 2.19 bits per heavy atom. The van der Waals surface area contributed by atoms with Crippen molar-refractivity contribution in [2.24, 2.45) is 5.92 Å². The van der Waals surface area contributed by atoms with E-state index in [1.165, 1.54) is 5.56 Å². The van der Waals surface area contributed by atoms with E-state index >= 15 is 0 Å². The van der Waals surface area contributed by atoms with Crippen LogP contribution in [0, 0.1) is 5.92 Å². The van der Waals surface area contributed by atoms with Gasteiger partial charge in [0.25, 0.3) is 0 Å². The third-order valence-electron chi connectivity index (χ3n) is 4.65. The van der Waals surface area contributed by atoms with Crippen LogP contribution in [0.25, 0.3) is 0 Å². The molecule has 3 rings (SSSR count). The third kappa shape index (κ3) is 2.77. The van der Waals surface area contributed by atoms with Crippen molar-refractivity contribution < 1.29 is 9.53 Å². The minimum atomic E-state index is 0.0375. The van der Waals surface area contributed by atoms with Crippen molar-refractivity contribution in [3.05, 3.63) is 29.8 Å². The molecule has 0 saturated heterocycles. The monoisotopic (exact) mass is 288 g/mol. The first kappa shape index (κ1) is 14.4. The molecule has 1 heterocycles. The molecule has 4 nitrogen and oxygen atoms in total. The Hall–Kier alpha value is -1.55. The Labute approximate surface area is 126 Å². The highest BCUT2D eigenvalue weighted by molar-refractivity contribution is 5.84. The molecular weight excluding hydrogens is 264 g/mol. The van der Waals surface area contributed by atoms with E-state index in [1.807, 2.05) is 18.2 Å². The van der Waals surface area contributed by atoms with E-state index in [4.69, 9.17) is 4.74 Å². The number of ether oxygens (including phenoxy) is 1. The first-order chi connectivity index (χ1) is 10.3. The van der Waals surface area contributed by atoms with Crippen LogP contribution < -0.4 is 15.4 Å². The van der Waals surface area contributed by atoms with Gasteiger partial charge in [0.1, 0.15) is 5.75 Å². The van der Waals surface area contributed by atoms with Crippen molar-refractivity contribution in [2.45, 2.75) is 31.6 Å². The zero-order valence-corrected chi connectivity index (χ0v) is 12.7. The maximum absolute atomic E-state index is 12.3. The van der Waals surface area contributed by atoms with Crippen molar-refractivity contribution in [2.75, 3.05) is 26.2 Å². The summed E-state index contributed by atoms with van der Waals surface area (Å²) in [6.07, 6.45) is 3.04. The van der Waals surface area contributed by atoms with Gasteiger partial charge >= 0.3 is 0 Å². The maximum Gasteiger partial charge on any atom is 0.224 e. The van der Waals surface area contributed by atoms with E-state index in [9.17, 15) is 4.79 Å². The Bertz CT molecular complexity index is 517. The number of carbonyl (C=O) groups excluding carboxylic acids is 1. The quantitative estimate of drug-likeness (QED) is 0.785. The lowest BCUT2D eigenvalue weighted by molar-refractivity contribution is -0.122. The largest absolute Gasteiger partial charge is 0.493 e. The number of benzene rings is 1. The van der Waals surface area contributed by atoms with Gasteiger partial charge in [-0.3, -0.25) is 4.79 Å². The first-order valence-corrected chi connectivity index (χ1v) is 7.98. The number of hydrogen-bond acceptors (Lipinski definition) is 3. The molecule has 2 atom stereocenters. The van der Waals surface area contributed by atoms with Crippen molar-refractivity contribution >= 4 is 5.91 Å². The molecule has 114 valence electrons. The molecule has 1 saturated carbocycles. The predicted octanol–water partition coefficient (Wildman–Crippen LogP) is 1.84. The molecule has 2 unspecified atom stereocenters. The standard InChI is InChI=1S/C17H24N2O2/c1-2-8-18-9-10-19-16(20)14-12-17(14)7-11-21-15-6-4-3-5-13(15)17/h3-6,14,18H,2,7-12H2,1H3,(H,19,20). The van der Waals surface area contributed by atoms with Gasteiger partial charge in [0, 0.05) is 30.0 Å². The minimum Gasteiger partial charge on any atom is -0.493 e. The highest BCUT2D eigenvalue weighted by Crippen LogP contribution is 2.60. The molecule has 1 fully saturated rings. The van der Waals surface area contributed by atoms with Crippen LogP contribution in [0.15, 0.2) is 24.3 Å². The molecule has 1 spiro atoms. The predicted molar refractivity (Wildman–Crippen MR) is 82.5 cm³/mol. The van der Waals surface area contributed by atoms with Gasteiger partial charge in [0.05, 0.1) is 6.61 Å². The molecule has 1 aromatic carbocycles. The molecule has 0 aromatic heterocycles. The number of fused-ring (bicyclic) bond motifs is 2. The molecule has 21 heavy (non-hydrogen) atoms. The van der Waals surface area contributed by atoms with Crippen LogP contribution in [-0.4, -0.2) is 32.1 Å². The average molecular weight is 288 g/mol. The van der Waals surface area contributed by atoms with E-state index in [1.54, 1.807) is 0 Å². The van der Waals surface area contributed by atoms with Gasteiger partial charge in [-0.1, -0.05) is 25.1 Å². The highest BCUT2D eigenvalue weighted by atomic mass is 16.5. The van der Waals surface area contributed by atoms with Crippen LogP contribution >= 0.6 is 0 Å². The second kappa shape index (κ2) is 6.06. The van der Waals surface area contributed by atoms with E-state index in [2.05, 4.69) is 23.6 Å².